The Bertz CT molecular complexity index is 1180. The van der Waals surface area contributed by atoms with Crippen molar-refractivity contribution in [3.63, 3.8) is 0 Å². The van der Waals surface area contributed by atoms with Gasteiger partial charge in [0.05, 0.1) is 10.2 Å². The number of carboxylic acid groups (broad SMARTS) is 1. The van der Waals surface area contributed by atoms with Crippen LogP contribution < -0.4 is 9.54 Å². The molecule has 0 aliphatic rings. The third kappa shape index (κ3) is 4.67. The van der Waals surface area contributed by atoms with Crippen LogP contribution in [0.15, 0.2) is 47.5 Å². The molecule has 1 heterocycles. The fourth-order valence-electron chi connectivity index (χ4n) is 2.84. The summed E-state index contributed by atoms with van der Waals surface area (Å²) in [6.45, 7) is 1.61. The summed E-state index contributed by atoms with van der Waals surface area (Å²) in [5.74, 6) is -3.16. The number of ether oxygens (including phenoxy) is 1. The summed E-state index contributed by atoms with van der Waals surface area (Å²) in [6.07, 6.45) is -4.77. The number of carboxylic acids is 1. The molecule has 158 valence electrons. The molecule has 0 spiro atoms. The van der Waals surface area contributed by atoms with Gasteiger partial charge < -0.3 is 14.4 Å². The monoisotopic (exact) mass is 442 g/mol. The average molecular weight is 442 g/mol. The number of rotatable bonds is 5. The van der Waals surface area contributed by atoms with E-state index in [-0.39, 0.29) is 27.0 Å². The van der Waals surface area contributed by atoms with Crippen molar-refractivity contribution >= 4 is 33.4 Å². The molecule has 1 unspecified atom stereocenters. The van der Waals surface area contributed by atoms with Gasteiger partial charge in [-0.3, -0.25) is 4.79 Å². The van der Waals surface area contributed by atoms with E-state index in [1.165, 1.54) is 22.8 Å². The van der Waals surface area contributed by atoms with Crippen LogP contribution in [0.2, 0.25) is 0 Å². The second-order valence-electron chi connectivity index (χ2n) is 6.12. The lowest BCUT2D eigenvalue weighted by Crippen LogP contribution is -2.27. The van der Waals surface area contributed by atoms with Crippen molar-refractivity contribution in [2.45, 2.75) is 25.7 Å². The molecule has 2 aromatic carbocycles. The largest absolute Gasteiger partial charge is 0.573 e. The molecule has 1 amide bonds. The molecule has 11 heteroatoms. The second-order valence-corrected chi connectivity index (χ2v) is 7.13. The van der Waals surface area contributed by atoms with Crippen molar-refractivity contribution in [1.29, 1.82) is 0 Å². The molecule has 6 nitrogen and oxygen atoms in total. The third-order valence-corrected chi connectivity index (χ3v) is 5.10. The molecular formula is C19H14F4N2O4S. The Morgan fingerprint density at radius 1 is 1.23 bits per heavy atom. The molecule has 3 aromatic rings. The fourth-order valence-corrected chi connectivity index (χ4v) is 3.94. The third-order valence-electron chi connectivity index (χ3n) is 4.08. The van der Waals surface area contributed by atoms with Crippen LogP contribution in [-0.2, 0) is 4.79 Å². The summed E-state index contributed by atoms with van der Waals surface area (Å²) in [5, 5.41) is 9.56. The number of amides is 1. The highest BCUT2D eigenvalue weighted by molar-refractivity contribution is 7.16. The number of aliphatic carboxylic acids is 1. The zero-order chi connectivity index (χ0) is 22.1. The highest BCUT2D eigenvalue weighted by Gasteiger charge is 2.31. The van der Waals surface area contributed by atoms with E-state index in [9.17, 15) is 32.3 Å². The van der Waals surface area contributed by atoms with Crippen molar-refractivity contribution < 1.29 is 37.0 Å². The number of nitrogens with zero attached hydrogens (tertiary/aromatic N) is 2. The van der Waals surface area contributed by atoms with Crippen LogP contribution in [0.4, 0.5) is 17.6 Å². The van der Waals surface area contributed by atoms with E-state index in [1.807, 2.05) is 0 Å². The van der Waals surface area contributed by atoms with E-state index >= 15 is 0 Å². The Morgan fingerprint density at radius 3 is 2.57 bits per heavy atom. The van der Waals surface area contributed by atoms with Crippen LogP contribution in [0, 0.1) is 5.82 Å². The Hall–Kier alpha value is -3.21. The quantitative estimate of drug-likeness (QED) is 0.590. The van der Waals surface area contributed by atoms with Crippen LogP contribution in [0.5, 0.6) is 5.75 Å². The first-order valence-corrected chi connectivity index (χ1v) is 9.39. The van der Waals surface area contributed by atoms with Crippen molar-refractivity contribution in [3.05, 3.63) is 58.6 Å². The van der Waals surface area contributed by atoms with E-state index in [0.717, 1.165) is 35.6 Å². The number of carbonyl (C=O) groups is 2. The van der Waals surface area contributed by atoms with Gasteiger partial charge >= 0.3 is 12.3 Å². The summed E-state index contributed by atoms with van der Waals surface area (Å²) >= 11 is 0.823. The van der Waals surface area contributed by atoms with E-state index in [1.54, 1.807) is 6.92 Å². The van der Waals surface area contributed by atoms with Crippen molar-refractivity contribution in [1.82, 2.24) is 4.57 Å². The topological polar surface area (TPSA) is 80.9 Å². The molecule has 1 atom stereocenters. The zero-order valence-electron chi connectivity index (χ0n) is 15.3. The van der Waals surface area contributed by atoms with Gasteiger partial charge in [0, 0.05) is 5.56 Å². The maximum Gasteiger partial charge on any atom is 0.573 e. The minimum Gasteiger partial charge on any atom is -0.480 e. The molecule has 0 saturated heterocycles. The van der Waals surface area contributed by atoms with Gasteiger partial charge in [-0.1, -0.05) is 24.3 Å². The van der Waals surface area contributed by atoms with Crippen molar-refractivity contribution in [2.75, 3.05) is 0 Å². The lowest BCUT2D eigenvalue weighted by atomic mass is 10.2. The van der Waals surface area contributed by atoms with Crippen molar-refractivity contribution in [2.24, 2.45) is 4.99 Å². The summed E-state index contributed by atoms with van der Waals surface area (Å²) in [5.41, 5.74) is 0.220. The molecule has 1 N–H and O–H groups in total. The number of halogens is 4. The van der Waals surface area contributed by atoms with Crippen LogP contribution in [-0.4, -0.2) is 27.9 Å². The number of fused-ring (bicyclic) bond motifs is 1. The van der Waals surface area contributed by atoms with Gasteiger partial charge in [-0.25, -0.2) is 9.18 Å². The Kier molecular flexibility index (Phi) is 5.92. The number of hydrogen-bond acceptors (Lipinski definition) is 4. The first-order chi connectivity index (χ1) is 14.1. The van der Waals surface area contributed by atoms with E-state index in [2.05, 4.69) is 9.73 Å². The molecule has 1 aromatic heterocycles. The van der Waals surface area contributed by atoms with Crippen LogP contribution in [0.25, 0.3) is 10.2 Å². The molecule has 30 heavy (non-hydrogen) atoms. The molecule has 0 bridgehead atoms. The minimum atomic E-state index is -4.89. The smallest absolute Gasteiger partial charge is 0.480 e. The van der Waals surface area contributed by atoms with Crippen LogP contribution in [0.3, 0.4) is 0 Å². The highest BCUT2D eigenvalue weighted by Crippen LogP contribution is 2.30. The SMILES string of the molecule is CCC(C(=O)O)n1/c(=N/C(=O)c2cccc(F)c2)sc2cc(OC(F)(F)F)ccc21. The molecule has 0 radical (unpaired) electrons. The Balaban J connectivity index is 2.20. The zero-order valence-corrected chi connectivity index (χ0v) is 16.1. The maximum atomic E-state index is 13.4. The minimum absolute atomic E-state index is 0.0438. The van der Waals surface area contributed by atoms with Gasteiger partial charge in [-0.15, -0.1) is 13.2 Å². The first-order valence-electron chi connectivity index (χ1n) is 8.57. The Labute approximate surface area is 170 Å². The molecule has 0 aliphatic carbocycles. The average Bonchev–Trinajstić information content (AvgIpc) is 2.98. The maximum absolute atomic E-state index is 13.4. The molecule has 0 fully saturated rings. The number of hydrogen-bond donors (Lipinski definition) is 1. The summed E-state index contributed by atoms with van der Waals surface area (Å²) in [6, 6.07) is 7.08. The van der Waals surface area contributed by atoms with Gasteiger partial charge in [-0.05, 0) is 42.8 Å². The normalized spacial score (nSPS) is 13.4. The number of carbonyl (C=O) groups excluding carboxylic acids is 1. The molecular weight excluding hydrogens is 428 g/mol. The van der Waals surface area contributed by atoms with Gasteiger partial charge in [0.25, 0.3) is 5.91 Å². The summed E-state index contributed by atoms with van der Waals surface area (Å²) in [7, 11) is 0. The highest BCUT2D eigenvalue weighted by atomic mass is 32.1. The summed E-state index contributed by atoms with van der Waals surface area (Å²) < 4.78 is 56.3. The standard InChI is InChI=1S/C19H14F4N2O4S/c1-2-13(17(27)28)25-14-7-6-12(29-19(21,22)23)9-15(14)30-18(25)24-16(26)10-4-3-5-11(20)8-10/h3-9,13H,2H2,1H3,(H,27,28)/b24-18-. The molecule has 3 rings (SSSR count). The fraction of sp³-hybridized carbons (Fsp3) is 0.211. The second kappa shape index (κ2) is 8.27. The van der Waals surface area contributed by atoms with Gasteiger partial charge in [0.1, 0.15) is 17.6 Å². The predicted molar refractivity (Wildman–Crippen MR) is 99.8 cm³/mol. The van der Waals surface area contributed by atoms with Crippen molar-refractivity contribution in [3.8, 4) is 5.75 Å². The van der Waals surface area contributed by atoms with E-state index in [4.69, 9.17) is 0 Å². The number of thiazole rings is 1. The van der Waals surface area contributed by atoms with Gasteiger partial charge in [-0.2, -0.15) is 4.99 Å². The van der Waals surface area contributed by atoms with E-state index in [0.29, 0.717) is 0 Å². The first kappa shape index (κ1) is 21.5. The number of alkyl halides is 3. The van der Waals surface area contributed by atoms with Crippen LogP contribution in [0.1, 0.15) is 29.7 Å². The van der Waals surface area contributed by atoms with Gasteiger partial charge in [0.15, 0.2) is 4.80 Å². The lowest BCUT2D eigenvalue weighted by Gasteiger charge is -2.14. The Morgan fingerprint density at radius 2 is 1.97 bits per heavy atom. The summed E-state index contributed by atoms with van der Waals surface area (Å²) in [4.78, 5) is 28.1. The number of aromatic nitrogens is 1. The number of benzene rings is 2. The molecule has 0 saturated carbocycles. The van der Waals surface area contributed by atoms with Gasteiger partial charge in [0.2, 0.25) is 0 Å². The lowest BCUT2D eigenvalue weighted by molar-refractivity contribution is -0.274. The predicted octanol–water partition coefficient (Wildman–Crippen LogP) is 4.52. The van der Waals surface area contributed by atoms with E-state index < -0.39 is 35.8 Å². The van der Waals surface area contributed by atoms with Crippen LogP contribution >= 0.6 is 11.3 Å². The molecule has 0 aliphatic heterocycles.